The molecule has 2 fully saturated rings. The minimum absolute atomic E-state index is 0.127. The number of hydrogen-bond acceptors (Lipinski definition) is 2. The Morgan fingerprint density at radius 2 is 2.11 bits per heavy atom. The highest BCUT2D eigenvalue weighted by Gasteiger charge is 2.41. The lowest BCUT2D eigenvalue weighted by Crippen LogP contribution is -2.48. The molecule has 2 N–H and O–H groups in total. The van der Waals surface area contributed by atoms with Crippen molar-refractivity contribution < 1.29 is 4.79 Å². The van der Waals surface area contributed by atoms with E-state index in [2.05, 4.69) is 24.5 Å². The van der Waals surface area contributed by atoms with Crippen molar-refractivity contribution in [1.82, 2.24) is 10.6 Å². The number of amides is 1. The maximum Gasteiger partial charge on any atom is 0.227 e. The van der Waals surface area contributed by atoms with Gasteiger partial charge in [-0.3, -0.25) is 4.79 Å². The monoisotopic (exact) mass is 266 g/mol. The van der Waals surface area contributed by atoms with Gasteiger partial charge in [-0.25, -0.2) is 0 Å². The summed E-state index contributed by atoms with van der Waals surface area (Å²) in [6.07, 6.45) is 9.75. The van der Waals surface area contributed by atoms with Gasteiger partial charge in [0, 0.05) is 12.6 Å². The van der Waals surface area contributed by atoms with Crippen LogP contribution in [-0.4, -0.2) is 25.0 Å². The Balaban J connectivity index is 1.90. The molecule has 2 aliphatic rings. The topological polar surface area (TPSA) is 41.1 Å². The number of hydrogen-bond donors (Lipinski definition) is 2. The van der Waals surface area contributed by atoms with E-state index in [9.17, 15) is 4.79 Å². The summed E-state index contributed by atoms with van der Waals surface area (Å²) < 4.78 is 0. The quantitative estimate of drug-likeness (QED) is 0.803. The van der Waals surface area contributed by atoms with Gasteiger partial charge < -0.3 is 10.6 Å². The van der Waals surface area contributed by atoms with Gasteiger partial charge >= 0.3 is 0 Å². The SMILES string of the molecule is CCCC1(C(=O)NC(C)C2CCCCC2)CCNC1. The molecule has 1 amide bonds. The van der Waals surface area contributed by atoms with Crippen LogP contribution in [0.25, 0.3) is 0 Å². The van der Waals surface area contributed by atoms with E-state index in [-0.39, 0.29) is 5.41 Å². The lowest BCUT2D eigenvalue weighted by Gasteiger charge is -2.33. The van der Waals surface area contributed by atoms with Crippen LogP contribution in [0.2, 0.25) is 0 Å². The van der Waals surface area contributed by atoms with Crippen LogP contribution in [0.1, 0.15) is 65.2 Å². The van der Waals surface area contributed by atoms with Crippen LogP contribution in [0.4, 0.5) is 0 Å². The highest BCUT2D eigenvalue weighted by Crippen LogP contribution is 2.32. The third-order valence-corrected chi connectivity index (χ3v) is 5.17. The average Bonchev–Trinajstić information content (AvgIpc) is 2.90. The molecule has 0 aromatic rings. The highest BCUT2D eigenvalue weighted by atomic mass is 16.2. The summed E-state index contributed by atoms with van der Waals surface area (Å²) in [6.45, 7) is 6.24. The van der Waals surface area contributed by atoms with E-state index < -0.39 is 0 Å². The van der Waals surface area contributed by atoms with Crippen LogP contribution in [0, 0.1) is 11.3 Å². The van der Waals surface area contributed by atoms with E-state index in [1.165, 1.54) is 32.1 Å². The molecule has 0 spiro atoms. The molecule has 110 valence electrons. The zero-order valence-corrected chi connectivity index (χ0v) is 12.6. The van der Waals surface area contributed by atoms with Crippen molar-refractivity contribution in [2.45, 2.75) is 71.3 Å². The van der Waals surface area contributed by atoms with Gasteiger partial charge in [-0.15, -0.1) is 0 Å². The summed E-state index contributed by atoms with van der Waals surface area (Å²) in [4.78, 5) is 12.7. The van der Waals surface area contributed by atoms with Gasteiger partial charge in [0.25, 0.3) is 0 Å². The van der Waals surface area contributed by atoms with Crippen LogP contribution in [0.5, 0.6) is 0 Å². The lowest BCUT2D eigenvalue weighted by molar-refractivity contribution is -0.131. The Hall–Kier alpha value is -0.570. The average molecular weight is 266 g/mol. The summed E-state index contributed by atoms with van der Waals surface area (Å²) in [5, 5.41) is 6.71. The van der Waals surface area contributed by atoms with E-state index >= 15 is 0 Å². The first-order chi connectivity index (χ1) is 9.18. The first-order valence-corrected chi connectivity index (χ1v) is 8.19. The Morgan fingerprint density at radius 3 is 2.68 bits per heavy atom. The van der Waals surface area contributed by atoms with E-state index in [1.807, 2.05) is 0 Å². The molecule has 1 aliphatic heterocycles. The molecule has 2 rings (SSSR count). The van der Waals surface area contributed by atoms with Crippen molar-refractivity contribution in [3.8, 4) is 0 Å². The smallest absolute Gasteiger partial charge is 0.227 e. The molecular weight excluding hydrogens is 236 g/mol. The summed E-state index contributed by atoms with van der Waals surface area (Å²) in [6, 6.07) is 0.349. The number of carbonyl (C=O) groups excluding carboxylic acids is 1. The van der Waals surface area contributed by atoms with Crippen molar-refractivity contribution in [2.75, 3.05) is 13.1 Å². The minimum atomic E-state index is -0.127. The second-order valence-corrected chi connectivity index (χ2v) is 6.62. The van der Waals surface area contributed by atoms with Crippen molar-refractivity contribution in [1.29, 1.82) is 0 Å². The Kier molecular flexibility index (Phi) is 5.26. The van der Waals surface area contributed by atoms with Crippen LogP contribution in [-0.2, 0) is 4.79 Å². The predicted molar refractivity (Wildman–Crippen MR) is 79.0 cm³/mol. The Bertz CT molecular complexity index is 291. The molecule has 0 bridgehead atoms. The van der Waals surface area contributed by atoms with E-state index in [0.717, 1.165) is 32.4 Å². The van der Waals surface area contributed by atoms with Gasteiger partial charge in [-0.1, -0.05) is 32.6 Å². The number of nitrogens with one attached hydrogen (secondary N) is 2. The first kappa shape index (κ1) is 14.8. The highest BCUT2D eigenvalue weighted by molar-refractivity contribution is 5.83. The fourth-order valence-corrected chi connectivity index (χ4v) is 3.85. The normalized spacial score (nSPS) is 30.2. The largest absolute Gasteiger partial charge is 0.353 e. The molecule has 0 aromatic carbocycles. The van der Waals surface area contributed by atoms with E-state index in [0.29, 0.717) is 17.9 Å². The van der Waals surface area contributed by atoms with Crippen LogP contribution < -0.4 is 10.6 Å². The second-order valence-electron chi connectivity index (χ2n) is 6.62. The first-order valence-electron chi connectivity index (χ1n) is 8.19. The summed E-state index contributed by atoms with van der Waals surface area (Å²) in [5.74, 6) is 1.00. The van der Waals surface area contributed by atoms with Crippen LogP contribution in [0.3, 0.4) is 0 Å². The maximum absolute atomic E-state index is 12.7. The molecule has 0 radical (unpaired) electrons. The second kappa shape index (κ2) is 6.74. The van der Waals surface area contributed by atoms with Gasteiger partial charge in [0.15, 0.2) is 0 Å². The molecule has 19 heavy (non-hydrogen) atoms. The molecule has 0 aromatic heterocycles. The van der Waals surface area contributed by atoms with Gasteiger partial charge in [0.05, 0.1) is 5.41 Å². The fourth-order valence-electron chi connectivity index (χ4n) is 3.85. The summed E-state index contributed by atoms with van der Waals surface area (Å²) >= 11 is 0. The standard InChI is InChI=1S/C16H30N2O/c1-3-9-16(10-11-17-12-16)15(19)18-13(2)14-7-5-4-6-8-14/h13-14,17H,3-12H2,1-2H3,(H,18,19). The van der Waals surface area contributed by atoms with Crippen molar-refractivity contribution in [2.24, 2.45) is 11.3 Å². The summed E-state index contributed by atoms with van der Waals surface area (Å²) in [7, 11) is 0. The molecule has 3 heteroatoms. The molecular formula is C16H30N2O. The van der Waals surface area contributed by atoms with E-state index in [1.54, 1.807) is 0 Å². The molecule has 3 nitrogen and oxygen atoms in total. The van der Waals surface area contributed by atoms with Crippen molar-refractivity contribution >= 4 is 5.91 Å². The fraction of sp³-hybridized carbons (Fsp3) is 0.938. The third kappa shape index (κ3) is 3.50. The molecule has 1 saturated heterocycles. The van der Waals surface area contributed by atoms with Crippen LogP contribution in [0.15, 0.2) is 0 Å². The van der Waals surface area contributed by atoms with Gasteiger partial charge in [-0.05, 0) is 45.1 Å². The zero-order valence-electron chi connectivity index (χ0n) is 12.6. The Morgan fingerprint density at radius 1 is 1.37 bits per heavy atom. The third-order valence-electron chi connectivity index (χ3n) is 5.17. The van der Waals surface area contributed by atoms with Gasteiger partial charge in [0.1, 0.15) is 0 Å². The lowest BCUT2D eigenvalue weighted by atomic mass is 9.80. The maximum atomic E-state index is 12.7. The molecule has 2 atom stereocenters. The summed E-state index contributed by atoms with van der Waals surface area (Å²) in [5.41, 5.74) is -0.127. The minimum Gasteiger partial charge on any atom is -0.353 e. The molecule has 1 aliphatic carbocycles. The zero-order chi connectivity index (χ0) is 13.7. The van der Waals surface area contributed by atoms with Crippen LogP contribution >= 0.6 is 0 Å². The van der Waals surface area contributed by atoms with E-state index in [4.69, 9.17) is 0 Å². The molecule has 2 unspecified atom stereocenters. The van der Waals surface area contributed by atoms with Crippen molar-refractivity contribution in [3.05, 3.63) is 0 Å². The van der Waals surface area contributed by atoms with Crippen molar-refractivity contribution in [3.63, 3.8) is 0 Å². The molecule has 1 saturated carbocycles. The number of rotatable bonds is 5. The Labute approximate surface area is 117 Å². The molecule has 1 heterocycles. The predicted octanol–water partition coefficient (Wildman–Crippen LogP) is 2.85. The van der Waals surface area contributed by atoms with Gasteiger partial charge in [0.2, 0.25) is 5.91 Å². The van der Waals surface area contributed by atoms with Gasteiger partial charge in [-0.2, -0.15) is 0 Å². The number of carbonyl (C=O) groups is 1.